The van der Waals surface area contributed by atoms with Crippen LogP contribution in [0.3, 0.4) is 0 Å². The second-order valence-electron chi connectivity index (χ2n) is 7.46. The first-order chi connectivity index (χ1) is 9.78. The number of nitrogens with zero attached hydrogens (tertiary/aromatic N) is 1. The lowest BCUT2D eigenvalue weighted by atomic mass is 9.99. The van der Waals surface area contributed by atoms with Gasteiger partial charge in [0.15, 0.2) is 0 Å². The van der Waals surface area contributed by atoms with E-state index in [1.54, 1.807) is 0 Å². The number of rotatable bonds is 4. The summed E-state index contributed by atoms with van der Waals surface area (Å²) in [5, 5.41) is 3.14. The first kappa shape index (κ1) is 16.7. The molecule has 3 N–H and O–H groups in total. The minimum atomic E-state index is -0.0529. The van der Waals surface area contributed by atoms with Crippen LogP contribution in [0.1, 0.15) is 47.0 Å². The Morgan fingerprint density at radius 3 is 2.43 bits per heavy atom. The van der Waals surface area contributed by atoms with Gasteiger partial charge in [-0.1, -0.05) is 0 Å². The maximum absolute atomic E-state index is 12.2. The number of carbonyl (C=O) groups excluding carboxylic acids is 1. The van der Waals surface area contributed by atoms with Crippen LogP contribution in [-0.2, 0) is 9.53 Å². The molecule has 5 heteroatoms. The lowest BCUT2D eigenvalue weighted by Gasteiger charge is -2.45. The highest BCUT2D eigenvalue weighted by Crippen LogP contribution is 2.25. The Balaban J connectivity index is 1.84. The molecule has 1 aliphatic carbocycles. The van der Waals surface area contributed by atoms with Crippen LogP contribution >= 0.6 is 0 Å². The van der Waals surface area contributed by atoms with Crippen molar-refractivity contribution >= 4 is 5.91 Å². The Hall–Kier alpha value is -0.650. The predicted molar refractivity (Wildman–Crippen MR) is 84.0 cm³/mol. The van der Waals surface area contributed by atoms with Crippen LogP contribution in [0.5, 0.6) is 0 Å². The normalized spacial score (nSPS) is 34.9. The standard InChI is InChI=1S/C16H31N3O2/c1-11-8-19(9-12(2)21-11)16(3,4)10-18-15(20)13-5-6-14(17)7-13/h11-14H,5-10,17H2,1-4H3,(H,18,20). The first-order valence-electron chi connectivity index (χ1n) is 8.21. The third kappa shape index (κ3) is 4.41. The van der Waals surface area contributed by atoms with E-state index in [0.717, 1.165) is 32.4 Å². The summed E-state index contributed by atoms with van der Waals surface area (Å²) in [6.07, 6.45) is 3.23. The SMILES string of the molecule is CC1CN(C(C)(C)CNC(=O)C2CCC(N)C2)CC(C)O1. The van der Waals surface area contributed by atoms with Crippen LogP contribution in [-0.4, -0.2) is 54.2 Å². The number of nitrogens with one attached hydrogen (secondary N) is 1. The molecule has 1 aliphatic heterocycles. The van der Waals surface area contributed by atoms with Crippen LogP contribution in [0.15, 0.2) is 0 Å². The summed E-state index contributed by atoms with van der Waals surface area (Å²) in [6, 6.07) is 0.203. The molecule has 1 saturated carbocycles. The molecule has 1 amide bonds. The minimum Gasteiger partial charge on any atom is -0.373 e. The maximum Gasteiger partial charge on any atom is 0.223 e. The molecular weight excluding hydrogens is 266 g/mol. The zero-order valence-corrected chi connectivity index (χ0v) is 13.9. The van der Waals surface area contributed by atoms with Gasteiger partial charge in [0.25, 0.3) is 0 Å². The molecular formula is C16H31N3O2. The second kappa shape index (κ2) is 6.63. The van der Waals surface area contributed by atoms with Gasteiger partial charge >= 0.3 is 0 Å². The van der Waals surface area contributed by atoms with Gasteiger partial charge in [-0.05, 0) is 47.0 Å². The summed E-state index contributed by atoms with van der Waals surface area (Å²) in [7, 11) is 0. The fourth-order valence-corrected chi connectivity index (χ4v) is 3.49. The van der Waals surface area contributed by atoms with Crippen LogP contribution in [0, 0.1) is 5.92 Å². The number of amides is 1. The van der Waals surface area contributed by atoms with E-state index in [1.807, 2.05) is 0 Å². The smallest absolute Gasteiger partial charge is 0.223 e. The molecule has 0 spiro atoms. The summed E-state index contributed by atoms with van der Waals surface area (Å²) < 4.78 is 5.79. The van der Waals surface area contributed by atoms with E-state index in [9.17, 15) is 4.79 Å². The maximum atomic E-state index is 12.2. The Labute approximate surface area is 128 Å². The Morgan fingerprint density at radius 2 is 1.90 bits per heavy atom. The van der Waals surface area contributed by atoms with Gasteiger partial charge < -0.3 is 15.8 Å². The van der Waals surface area contributed by atoms with Crippen LogP contribution < -0.4 is 11.1 Å². The summed E-state index contributed by atoms with van der Waals surface area (Å²) >= 11 is 0. The van der Waals surface area contributed by atoms with Crippen molar-refractivity contribution in [2.45, 2.75) is 70.7 Å². The highest BCUT2D eigenvalue weighted by atomic mass is 16.5. The molecule has 5 nitrogen and oxygen atoms in total. The highest BCUT2D eigenvalue weighted by molar-refractivity contribution is 5.79. The van der Waals surface area contributed by atoms with Crippen molar-refractivity contribution in [3.05, 3.63) is 0 Å². The minimum absolute atomic E-state index is 0.0529. The quantitative estimate of drug-likeness (QED) is 0.816. The largest absolute Gasteiger partial charge is 0.373 e. The third-order valence-electron chi connectivity index (χ3n) is 4.81. The topological polar surface area (TPSA) is 67.6 Å². The molecule has 1 saturated heterocycles. The summed E-state index contributed by atoms with van der Waals surface area (Å²) in [5.74, 6) is 0.281. The Bertz CT molecular complexity index is 363. The molecule has 2 aliphatic rings. The van der Waals surface area contributed by atoms with E-state index in [-0.39, 0.29) is 35.6 Å². The summed E-state index contributed by atoms with van der Waals surface area (Å²) in [5.41, 5.74) is 5.84. The van der Waals surface area contributed by atoms with Crippen molar-refractivity contribution in [1.29, 1.82) is 0 Å². The van der Waals surface area contributed by atoms with Gasteiger partial charge in [-0.2, -0.15) is 0 Å². The van der Waals surface area contributed by atoms with Crippen LogP contribution in [0.4, 0.5) is 0 Å². The van der Waals surface area contributed by atoms with Gasteiger partial charge in [0.1, 0.15) is 0 Å². The van der Waals surface area contributed by atoms with Crippen molar-refractivity contribution in [2.75, 3.05) is 19.6 Å². The molecule has 1 heterocycles. The number of ether oxygens (including phenoxy) is 1. The number of nitrogens with two attached hydrogens (primary N) is 1. The lowest BCUT2D eigenvalue weighted by Crippen LogP contribution is -2.59. The summed E-state index contributed by atoms with van der Waals surface area (Å²) in [6.45, 7) is 11.1. The van der Waals surface area contributed by atoms with E-state index in [0.29, 0.717) is 6.54 Å². The number of hydrogen-bond acceptors (Lipinski definition) is 4. The van der Waals surface area contributed by atoms with Gasteiger partial charge in [0, 0.05) is 37.1 Å². The molecule has 122 valence electrons. The molecule has 0 radical (unpaired) electrons. The number of morpholine rings is 1. The van der Waals surface area contributed by atoms with Crippen LogP contribution in [0.25, 0.3) is 0 Å². The Morgan fingerprint density at radius 1 is 1.29 bits per heavy atom. The van der Waals surface area contributed by atoms with E-state index in [1.165, 1.54) is 0 Å². The molecule has 0 aromatic carbocycles. The second-order valence-corrected chi connectivity index (χ2v) is 7.46. The molecule has 4 unspecified atom stereocenters. The highest BCUT2D eigenvalue weighted by Gasteiger charge is 2.34. The van der Waals surface area contributed by atoms with Crippen LogP contribution in [0.2, 0.25) is 0 Å². The average Bonchev–Trinajstić information content (AvgIpc) is 2.82. The van der Waals surface area contributed by atoms with E-state index >= 15 is 0 Å². The third-order valence-corrected chi connectivity index (χ3v) is 4.81. The van der Waals surface area contributed by atoms with E-state index < -0.39 is 0 Å². The number of carbonyl (C=O) groups is 1. The first-order valence-corrected chi connectivity index (χ1v) is 8.21. The molecule has 2 fully saturated rings. The van der Waals surface area contributed by atoms with Gasteiger partial charge in [0.2, 0.25) is 5.91 Å². The van der Waals surface area contributed by atoms with Crippen molar-refractivity contribution in [3.63, 3.8) is 0 Å². The van der Waals surface area contributed by atoms with Crippen molar-refractivity contribution in [2.24, 2.45) is 11.7 Å². The van der Waals surface area contributed by atoms with Crippen molar-refractivity contribution in [3.8, 4) is 0 Å². The zero-order chi connectivity index (χ0) is 15.6. The van der Waals surface area contributed by atoms with Gasteiger partial charge in [-0.25, -0.2) is 0 Å². The average molecular weight is 297 g/mol. The van der Waals surface area contributed by atoms with Crippen molar-refractivity contribution in [1.82, 2.24) is 10.2 Å². The fourth-order valence-electron chi connectivity index (χ4n) is 3.49. The summed E-state index contributed by atoms with van der Waals surface area (Å²) in [4.78, 5) is 14.7. The molecule has 2 rings (SSSR count). The fraction of sp³-hybridized carbons (Fsp3) is 0.938. The Kier molecular flexibility index (Phi) is 5.28. The van der Waals surface area contributed by atoms with Gasteiger partial charge in [-0.15, -0.1) is 0 Å². The van der Waals surface area contributed by atoms with Crippen molar-refractivity contribution < 1.29 is 9.53 Å². The monoisotopic (exact) mass is 297 g/mol. The molecule has 0 bridgehead atoms. The predicted octanol–water partition coefficient (Wildman–Crippen LogP) is 1.12. The van der Waals surface area contributed by atoms with E-state index in [2.05, 4.69) is 37.9 Å². The molecule has 0 aromatic rings. The zero-order valence-electron chi connectivity index (χ0n) is 13.9. The van der Waals surface area contributed by atoms with Gasteiger partial charge in [0.05, 0.1) is 12.2 Å². The number of hydrogen-bond donors (Lipinski definition) is 2. The van der Waals surface area contributed by atoms with Gasteiger partial charge in [-0.3, -0.25) is 9.69 Å². The van der Waals surface area contributed by atoms with E-state index in [4.69, 9.17) is 10.5 Å². The lowest BCUT2D eigenvalue weighted by molar-refractivity contribution is -0.126. The molecule has 21 heavy (non-hydrogen) atoms. The molecule has 0 aromatic heterocycles. The molecule has 4 atom stereocenters.